The lowest BCUT2D eigenvalue weighted by Crippen LogP contribution is -2.22. The zero-order valence-corrected chi connectivity index (χ0v) is 9.86. The second kappa shape index (κ2) is 5.12. The van der Waals surface area contributed by atoms with E-state index in [0.29, 0.717) is 0 Å². The number of ether oxygens (including phenoxy) is 1. The number of pyridine rings is 1. The fourth-order valence-electron chi connectivity index (χ4n) is 1.90. The van der Waals surface area contributed by atoms with Crippen LogP contribution in [0.5, 0.6) is 0 Å². The predicted molar refractivity (Wildman–Crippen MR) is 64.0 cm³/mol. The van der Waals surface area contributed by atoms with Crippen molar-refractivity contribution in [3.63, 3.8) is 0 Å². The maximum atomic E-state index is 5.69. The summed E-state index contributed by atoms with van der Waals surface area (Å²) < 4.78 is 5.69. The highest BCUT2D eigenvalue weighted by Crippen LogP contribution is 2.25. The zero-order valence-electron chi connectivity index (χ0n) is 9.86. The monoisotopic (exact) mass is 218 g/mol. The van der Waals surface area contributed by atoms with Crippen molar-refractivity contribution in [1.29, 1.82) is 0 Å². The summed E-state index contributed by atoms with van der Waals surface area (Å²) in [5, 5.41) is 3.27. The lowest BCUT2D eigenvalue weighted by Gasteiger charge is -2.23. The number of hydrogen-bond acceptors (Lipinski definition) is 3. The zero-order chi connectivity index (χ0) is 11.4. The van der Waals surface area contributed by atoms with Crippen LogP contribution in [0.3, 0.4) is 0 Å². The standard InChI is InChI=1S/C13H18N2O/c1-10-6-7-11(9-15-10)13(14-2)12-5-3-4-8-16-12/h5-7,9,13-14H,3-4,8H2,1-2H3. The normalized spacial score (nSPS) is 17.5. The van der Waals surface area contributed by atoms with Gasteiger partial charge in [0.25, 0.3) is 0 Å². The van der Waals surface area contributed by atoms with Crippen LogP contribution in [0.2, 0.25) is 0 Å². The number of aryl methyl sites for hydroxylation is 1. The van der Waals surface area contributed by atoms with E-state index in [4.69, 9.17) is 4.74 Å². The lowest BCUT2D eigenvalue weighted by atomic mass is 10.0. The average Bonchev–Trinajstić information content (AvgIpc) is 2.34. The van der Waals surface area contributed by atoms with Crippen LogP contribution >= 0.6 is 0 Å². The summed E-state index contributed by atoms with van der Waals surface area (Å²) in [5.41, 5.74) is 2.19. The first-order valence-electron chi connectivity index (χ1n) is 5.74. The molecular weight excluding hydrogens is 200 g/mol. The average molecular weight is 218 g/mol. The summed E-state index contributed by atoms with van der Waals surface area (Å²) in [7, 11) is 1.95. The molecule has 1 aromatic rings. The fraction of sp³-hybridized carbons (Fsp3) is 0.462. The Hall–Kier alpha value is -1.35. The molecular formula is C13H18N2O. The minimum Gasteiger partial charge on any atom is -0.496 e. The summed E-state index contributed by atoms with van der Waals surface area (Å²) >= 11 is 0. The van der Waals surface area contributed by atoms with Crippen molar-refractivity contribution >= 4 is 0 Å². The molecule has 1 N–H and O–H groups in total. The Morgan fingerprint density at radius 2 is 2.31 bits per heavy atom. The van der Waals surface area contributed by atoms with Crippen molar-refractivity contribution in [2.45, 2.75) is 25.8 Å². The number of allylic oxidation sites excluding steroid dienone is 1. The molecule has 2 heterocycles. The molecule has 1 aliphatic rings. The Labute approximate surface area is 96.5 Å². The third-order valence-electron chi connectivity index (χ3n) is 2.80. The Morgan fingerprint density at radius 3 is 2.88 bits per heavy atom. The number of nitrogens with one attached hydrogen (secondary N) is 1. The molecule has 1 aromatic heterocycles. The highest BCUT2D eigenvalue weighted by Gasteiger charge is 2.18. The van der Waals surface area contributed by atoms with Gasteiger partial charge in [0.05, 0.1) is 12.6 Å². The van der Waals surface area contributed by atoms with Gasteiger partial charge in [0.2, 0.25) is 0 Å². The van der Waals surface area contributed by atoms with Crippen LogP contribution < -0.4 is 5.32 Å². The van der Waals surface area contributed by atoms with Gasteiger partial charge in [0.15, 0.2) is 0 Å². The van der Waals surface area contributed by atoms with Crippen LogP contribution in [0.1, 0.15) is 30.1 Å². The van der Waals surface area contributed by atoms with Gasteiger partial charge in [-0.3, -0.25) is 4.98 Å². The first-order chi connectivity index (χ1) is 7.81. The Bertz CT molecular complexity index is 370. The first kappa shape index (κ1) is 11.1. The van der Waals surface area contributed by atoms with Gasteiger partial charge in [0.1, 0.15) is 5.76 Å². The smallest absolute Gasteiger partial charge is 0.113 e. The highest BCUT2D eigenvalue weighted by molar-refractivity contribution is 5.24. The second-order valence-electron chi connectivity index (χ2n) is 4.05. The molecule has 0 saturated carbocycles. The number of likely N-dealkylation sites (N-methyl/N-ethyl adjacent to an activating group) is 1. The van der Waals surface area contributed by atoms with E-state index < -0.39 is 0 Å². The third kappa shape index (κ3) is 2.42. The lowest BCUT2D eigenvalue weighted by molar-refractivity contribution is 0.169. The highest BCUT2D eigenvalue weighted by atomic mass is 16.5. The van der Waals surface area contributed by atoms with E-state index in [1.54, 1.807) is 0 Å². The van der Waals surface area contributed by atoms with E-state index in [9.17, 15) is 0 Å². The van der Waals surface area contributed by atoms with Gasteiger partial charge in [-0.05, 0) is 44.5 Å². The summed E-state index contributed by atoms with van der Waals surface area (Å²) in [6.07, 6.45) is 6.30. The van der Waals surface area contributed by atoms with Crippen molar-refractivity contribution in [2.24, 2.45) is 0 Å². The molecule has 3 heteroatoms. The van der Waals surface area contributed by atoms with E-state index in [2.05, 4.69) is 22.4 Å². The summed E-state index contributed by atoms with van der Waals surface area (Å²) in [6.45, 7) is 2.82. The van der Waals surface area contributed by atoms with Crippen molar-refractivity contribution in [1.82, 2.24) is 10.3 Å². The van der Waals surface area contributed by atoms with Crippen LogP contribution in [0.25, 0.3) is 0 Å². The molecule has 0 fully saturated rings. The minimum atomic E-state index is 0.133. The molecule has 0 saturated heterocycles. The van der Waals surface area contributed by atoms with Crippen LogP contribution in [-0.2, 0) is 4.74 Å². The molecule has 86 valence electrons. The van der Waals surface area contributed by atoms with Gasteiger partial charge in [-0.15, -0.1) is 0 Å². The summed E-state index contributed by atoms with van der Waals surface area (Å²) in [5.74, 6) is 1.03. The largest absolute Gasteiger partial charge is 0.496 e. The number of hydrogen-bond donors (Lipinski definition) is 1. The molecule has 0 aliphatic carbocycles. The Balaban J connectivity index is 2.21. The predicted octanol–water partition coefficient (Wildman–Crippen LogP) is 2.34. The number of nitrogens with zero attached hydrogens (tertiary/aromatic N) is 1. The van der Waals surface area contributed by atoms with Crippen molar-refractivity contribution in [3.8, 4) is 0 Å². The summed E-state index contributed by atoms with van der Waals surface area (Å²) in [4.78, 5) is 4.32. The van der Waals surface area contributed by atoms with Gasteiger partial charge >= 0.3 is 0 Å². The Morgan fingerprint density at radius 1 is 1.44 bits per heavy atom. The second-order valence-corrected chi connectivity index (χ2v) is 4.05. The Kier molecular flexibility index (Phi) is 3.57. The van der Waals surface area contributed by atoms with Gasteiger partial charge in [0, 0.05) is 11.9 Å². The third-order valence-corrected chi connectivity index (χ3v) is 2.80. The fourth-order valence-corrected chi connectivity index (χ4v) is 1.90. The first-order valence-corrected chi connectivity index (χ1v) is 5.74. The topological polar surface area (TPSA) is 34.1 Å². The minimum absolute atomic E-state index is 0.133. The van der Waals surface area contributed by atoms with Crippen molar-refractivity contribution < 1.29 is 4.74 Å². The van der Waals surface area contributed by atoms with Crippen LogP contribution in [0.15, 0.2) is 30.2 Å². The quantitative estimate of drug-likeness (QED) is 0.845. The SMILES string of the molecule is CNC(C1=CCCCO1)c1ccc(C)nc1. The van der Waals surface area contributed by atoms with Crippen LogP contribution in [-0.4, -0.2) is 18.6 Å². The molecule has 0 bridgehead atoms. The van der Waals surface area contributed by atoms with Crippen molar-refractivity contribution in [2.75, 3.05) is 13.7 Å². The number of aromatic nitrogens is 1. The maximum Gasteiger partial charge on any atom is 0.113 e. The molecule has 0 radical (unpaired) electrons. The molecule has 3 nitrogen and oxygen atoms in total. The van der Waals surface area contributed by atoms with E-state index >= 15 is 0 Å². The molecule has 1 aliphatic heterocycles. The van der Waals surface area contributed by atoms with Gasteiger partial charge in [-0.25, -0.2) is 0 Å². The molecule has 0 aromatic carbocycles. The molecule has 0 spiro atoms. The van der Waals surface area contributed by atoms with Crippen LogP contribution in [0, 0.1) is 6.92 Å². The molecule has 0 amide bonds. The van der Waals surface area contributed by atoms with Crippen molar-refractivity contribution in [3.05, 3.63) is 41.4 Å². The van der Waals surface area contributed by atoms with Gasteiger partial charge in [-0.1, -0.05) is 6.07 Å². The number of rotatable bonds is 3. The van der Waals surface area contributed by atoms with Crippen LogP contribution in [0.4, 0.5) is 0 Å². The molecule has 1 atom stereocenters. The molecule has 2 rings (SSSR count). The van der Waals surface area contributed by atoms with E-state index in [-0.39, 0.29) is 6.04 Å². The summed E-state index contributed by atoms with van der Waals surface area (Å²) in [6, 6.07) is 4.26. The van der Waals surface area contributed by atoms with E-state index in [1.165, 1.54) is 0 Å². The maximum absolute atomic E-state index is 5.69. The molecule has 1 unspecified atom stereocenters. The van der Waals surface area contributed by atoms with E-state index in [0.717, 1.165) is 36.5 Å². The molecule has 16 heavy (non-hydrogen) atoms. The van der Waals surface area contributed by atoms with Gasteiger partial charge < -0.3 is 10.1 Å². The van der Waals surface area contributed by atoms with Gasteiger partial charge in [-0.2, -0.15) is 0 Å². The van der Waals surface area contributed by atoms with E-state index in [1.807, 2.05) is 26.2 Å².